The predicted molar refractivity (Wildman–Crippen MR) is 126 cm³/mol. The normalized spacial score (nSPS) is 17.2. The zero-order chi connectivity index (χ0) is 24.3. The number of sulfonamides is 1. The fourth-order valence-corrected chi connectivity index (χ4v) is 5.62. The monoisotopic (exact) mass is 484 g/mol. The van der Waals surface area contributed by atoms with Gasteiger partial charge in [-0.2, -0.15) is 4.31 Å². The molecular weight excluding hydrogens is 459 g/mol. The maximum atomic E-state index is 14.0. The average Bonchev–Trinajstić information content (AvgIpc) is 3.21. The van der Waals surface area contributed by atoms with Crippen LogP contribution in [0.1, 0.15) is 35.4 Å². The molecule has 0 unspecified atom stereocenters. The number of amides is 1. The Morgan fingerprint density at radius 2 is 2.00 bits per heavy atom. The minimum Gasteiger partial charge on any atom is -0.355 e. The Labute approximate surface area is 197 Å². The van der Waals surface area contributed by atoms with Gasteiger partial charge >= 0.3 is 0 Å². The first kappa shape index (κ1) is 23.8. The fourth-order valence-electron chi connectivity index (χ4n) is 3.85. The standard InChI is InChI=1S/C24H25FN4O4S/c1-16-9-12-22(26-14-16)27-24(30)19-7-5-13-29(15-19)34(31,32)23-17(2)28-33-21(23)11-10-18-6-3-4-8-20(18)25/h3-4,6,8-12,14,19H,5,7,13,15H2,1-2H3,(H,26,27,30)/b11-10+/t19-/m0/s1. The summed E-state index contributed by atoms with van der Waals surface area (Å²) < 4.78 is 47.5. The van der Waals surface area contributed by atoms with Gasteiger partial charge < -0.3 is 9.84 Å². The van der Waals surface area contributed by atoms with Crippen LogP contribution in [0.3, 0.4) is 0 Å². The first-order chi connectivity index (χ1) is 16.3. The first-order valence-corrected chi connectivity index (χ1v) is 12.3. The van der Waals surface area contributed by atoms with E-state index in [9.17, 15) is 17.6 Å². The molecule has 0 radical (unpaired) electrons. The van der Waals surface area contributed by atoms with Gasteiger partial charge in [-0.05, 0) is 56.5 Å². The molecule has 1 saturated heterocycles. The number of nitrogens with one attached hydrogen (secondary N) is 1. The molecule has 2 aromatic heterocycles. The molecule has 1 fully saturated rings. The highest BCUT2D eigenvalue weighted by atomic mass is 32.2. The quantitative estimate of drug-likeness (QED) is 0.566. The smallest absolute Gasteiger partial charge is 0.248 e. The van der Waals surface area contributed by atoms with Crippen molar-refractivity contribution in [1.82, 2.24) is 14.4 Å². The van der Waals surface area contributed by atoms with E-state index in [1.807, 2.05) is 13.0 Å². The molecule has 1 aliphatic heterocycles. The summed E-state index contributed by atoms with van der Waals surface area (Å²) in [4.78, 5) is 16.9. The Kier molecular flexibility index (Phi) is 6.90. The van der Waals surface area contributed by atoms with Gasteiger partial charge in [0.25, 0.3) is 0 Å². The van der Waals surface area contributed by atoms with Crippen LogP contribution in [0.25, 0.3) is 12.2 Å². The van der Waals surface area contributed by atoms with Crippen molar-refractivity contribution in [2.24, 2.45) is 5.92 Å². The topological polar surface area (TPSA) is 105 Å². The summed E-state index contributed by atoms with van der Waals surface area (Å²) >= 11 is 0. The summed E-state index contributed by atoms with van der Waals surface area (Å²) in [5, 5.41) is 6.58. The maximum absolute atomic E-state index is 14.0. The number of halogens is 1. The van der Waals surface area contributed by atoms with Gasteiger partial charge in [0.2, 0.25) is 15.9 Å². The second-order valence-corrected chi connectivity index (χ2v) is 10.1. The number of carbonyl (C=O) groups excluding carboxylic acids is 1. The molecule has 0 bridgehead atoms. The number of nitrogens with zero attached hydrogens (tertiary/aromatic N) is 3. The van der Waals surface area contributed by atoms with Gasteiger partial charge in [-0.15, -0.1) is 0 Å². The molecule has 0 saturated carbocycles. The summed E-state index contributed by atoms with van der Waals surface area (Å²) in [6.07, 6.45) is 5.58. The van der Waals surface area contributed by atoms with Crippen LogP contribution in [0.4, 0.5) is 10.2 Å². The zero-order valence-electron chi connectivity index (χ0n) is 18.9. The Morgan fingerprint density at radius 1 is 1.21 bits per heavy atom. The number of aryl methyl sites for hydroxylation is 2. The molecule has 8 nitrogen and oxygen atoms in total. The largest absolute Gasteiger partial charge is 0.355 e. The number of rotatable bonds is 6. The highest BCUT2D eigenvalue weighted by Gasteiger charge is 2.37. The van der Waals surface area contributed by atoms with Gasteiger partial charge in [-0.25, -0.2) is 17.8 Å². The lowest BCUT2D eigenvalue weighted by Crippen LogP contribution is -2.44. The Hall–Kier alpha value is -3.37. The lowest BCUT2D eigenvalue weighted by Gasteiger charge is -2.31. The van der Waals surface area contributed by atoms with E-state index in [2.05, 4.69) is 15.5 Å². The van der Waals surface area contributed by atoms with Crippen LogP contribution in [0.2, 0.25) is 0 Å². The lowest BCUT2D eigenvalue weighted by atomic mass is 9.99. The van der Waals surface area contributed by atoms with E-state index in [1.54, 1.807) is 30.5 Å². The maximum Gasteiger partial charge on any atom is 0.248 e. The van der Waals surface area contributed by atoms with Crippen molar-refractivity contribution in [3.63, 3.8) is 0 Å². The highest BCUT2D eigenvalue weighted by Crippen LogP contribution is 2.29. The molecule has 3 heterocycles. The van der Waals surface area contributed by atoms with Crippen LogP contribution in [0.15, 0.2) is 52.0 Å². The second kappa shape index (κ2) is 9.86. The first-order valence-electron chi connectivity index (χ1n) is 10.9. The van der Waals surface area contributed by atoms with Gasteiger partial charge in [-0.3, -0.25) is 4.79 Å². The van der Waals surface area contributed by atoms with Crippen LogP contribution < -0.4 is 5.32 Å². The van der Waals surface area contributed by atoms with E-state index in [-0.39, 0.29) is 35.3 Å². The fraction of sp³-hybridized carbons (Fsp3) is 0.292. The van der Waals surface area contributed by atoms with Gasteiger partial charge in [0.05, 0.1) is 5.92 Å². The SMILES string of the molecule is Cc1ccc(NC(=O)[C@H]2CCCN(S(=O)(=O)c3c(C)noc3/C=C/c3ccccc3F)C2)nc1. The average molecular weight is 485 g/mol. The van der Waals surface area contributed by atoms with Gasteiger partial charge in [-0.1, -0.05) is 29.4 Å². The van der Waals surface area contributed by atoms with E-state index in [0.717, 1.165) is 5.56 Å². The van der Waals surface area contributed by atoms with Crippen LogP contribution >= 0.6 is 0 Å². The number of benzene rings is 1. The number of hydrogen-bond donors (Lipinski definition) is 1. The number of hydrogen-bond acceptors (Lipinski definition) is 6. The van der Waals surface area contributed by atoms with Gasteiger partial charge in [0.15, 0.2) is 10.7 Å². The summed E-state index contributed by atoms with van der Waals surface area (Å²) in [5.41, 5.74) is 1.46. The Morgan fingerprint density at radius 3 is 2.74 bits per heavy atom. The van der Waals surface area contributed by atoms with E-state index in [4.69, 9.17) is 4.52 Å². The molecule has 1 aliphatic rings. The zero-order valence-corrected chi connectivity index (χ0v) is 19.7. The van der Waals surface area contributed by atoms with Crippen molar-refractivity contribution in [2.45, 2.75) is 31.6 Å². The third-order valence-electron chi connectivity index (χ3n) is 5.67. The Bertz CT molecular complexity index is 1320. The lowest BCUT2D eigenvalue weighted by molar-refractivity contribution is -0.120. The summed E-state index contributed by atoms with van der Waals surface area (Å²) in [6.45, 7) is 3.74. The highest BCUT2D eigenvalue weighted by molar-refractivity contribution is 7.89. The number of piperidine rings is 1. The summed E-state index contributed by atoms with van der Waals surface area (Å²) in [6, 6.07) is 9.68. The second-order valence-electron chi connectivity index (χ2n) is 8.23. The third-order valence-corrected chi connectivity index (χ3v) is 7.69. The molecule has 1 N–H and O–H groups in total. The molecule has 0 aliphatic carbocycles. The predicted octanol–water partition coefficient (Wildman–Crippen LogP) is 4.04. The molecule has 34 heavy (non-hydrogen) atoms. The summed E-state index contributed by atoms with van der Waals surface area (Å²) in [5.74, 6) is -0.809. The van der Waals surface area contributed by atoms with E-state index in [1.165, 1.54) is 29.4 Å². The van der Waals surface area contributed by atoms with Crippen molar-refractivity contribution < 1.29 is 22.1 Å². The van der Waals surface area contributed by atoms with E-state index < -0.39 is 21.8 Å². The van der Waals surface area contributed by atoms with E-state index in [0.29, 0.717) is 24.2 Å². The van der Waals surface area contributed by atoms with Crippen LogP contribution in [-0.2, 0) is 14.8 Å². The van der Waals surface area contributed by atoms with Crippen LogP contribution in [0.5, 0.6) is 0 Å². The molecular formula is C24H25FN4O4S. The number of carbonyl (C=O) groups is 1. The minimum absolute atomic E-state index is 0.0104. The molecule has 1 amide bonds. The van der Waals surface area contributed by atoms with Crippen molar-refractivity contribution in [2.75, 3.05) is 18.4 Å². The molecule has 10 heteroatoms. The third kappa shape index (κ3) is 5.07. The summed E-state index contributed by atoms with van der Waals surface area (Å²) in [7, 11) is -4.00. The molecule has 0 spiro atoms. The molecule has 1 aromatic carbocycles. The van der Waals surface area contributed by atoms with Crippen LogP contribution in [-0.4, -0.2) is 41.9 Å². The molecule has 4 rings (SSSR count). The number of anilines is 1. The minimum atomic E-state index is -4.00. The van der Waals surface area contributed by atoms with Gasteiger partial charge in [0.1, 0.15) is 17.3 Å². The molecule has 1 atom stereocenters. The van der Waals surface area contributed by atoms with Crippen LogP contribution in [0, 0.1) is 25.6 Å². The van der Waals surface area contributed by atoms with Crippen molar-refractivity contribution in [3.05, 3.63) is 71.0 Å². The van der Waals surface area contributed by atoms with Crippen molar-refractivity contribution in [3.8, 4) is 0 Å². The van der Waals surface area contributed by atoms with Crippen molar-refractivity contribution >= 4 is 33.9 Å². The molecule has 178 valence electrons. The van der Waals surface area contributed by atoms with E-state index >= 15 is 0 Å². The molecule has 3 aromatic rings. The number of pyridine rings is 1. The van der Waals surface area contributed by atoms with Crippen molar-refractivity contribution in [1.29, 1.82) is 0 Å². The number of aromatic nitrogens is 2. The Balaban J connectivity index is 1.54. The van der Waals surface area contributed by atoms with Gasteiger partial charge in [0, 0.05) is 24.8 Å².